The van der Waals surface area contributed by atoms with E-state index < -0.39 is 70.3 Å². The number of para-hydroxylation sites is 4. The maximum atomic E-state index is 15.0. The fraction of sp³-hybridized carbons (Fsp3) is 0.387. The first-order chi connectivity index (χ1) is 51.2. The molecule has 0 radical (unpaired) electrons. The smallest absolute Gasteiger partial charge is 0.257 e. The molecule has 0 spiro atoms. The number of nitrogens with one attached hydrogen (secondary N) is 9. The van der Waals surface area contributed by atoms with E-state index in [0.29, 0.717) is 36.2 Å². The first-order valence-corrected chi connectivity index (χ1v) is 35.5. The van der Waals surface area contributed by atoms with Crippen LogP contribution in [0.5, 0.6) is 23.0 Å². The second-order valence-electron chi connectivity index (χ2n) is 25.8. The monoisotopic (exact) mass is 1460 g/mol. The molecule has 2 atom stereocenters. The van der Waals surface area contributed by atoms with Crippen molar-refractivity contribution in [1.29, 1.82) is 0 Å². The number of phenolic OH excluding ortho intramolecular Hbond substituents is 4. The molecule has 2 unspecified atom stereocenters. The molecule has 12 bridgehead atoms. The fourth-order valence-corrected chi connectivity index (χ4v) is 12.2. The van der Waals surface area contributed by atoms with Crippen LogP contribution < -0.4 is 52.8 Å². The minimum atomic E-state index is -0.692. The van der Waals surface area contributed by atoms with Crippen LogP contribution in [-0.4, -0.2) is 269 Å². The number of aromatic hydroxyl groups is 4. The normalized spacial score (nSPS) is 19.0. The fourth-order valence-electron chi connectivity index (χ4n) is 12.2. The zero-order valence-corrected chi connectivity index (χ0v) is 59.6. The highest BCUT2D eigenvalue weighted by Gasteiger charge is 2.28. The van der Waals surface area contributed by atoms with Crippen LogP contribution in [0.25, 0.3) is 0 Å². The summed E-state index contributed by atoms with van der Waals surface area (Å²) in [7, 11) is 3.90. The molecular weight excluding hydrogens is 1360 g/mol. The van der Waals surface area contributed by atoms with Crippen molar-refractivity contribution < 1.29 is 68.4 Å². The average Bonchev–Trinajstić information content (AvgIpc) is 0.816. The molecule has 6 aromatic rings. The van der Waals surface area contributed by atoms with Gasteiger partial charge in [-0.1, -0.05) is 30.7 Å². The second kappa shape index (κ2) is 39.4. The van der Waals surface area contributed by atoms with Crippen LogP contribution in [0.2, 0.25) is 0 Å². The van der Waals surface area contributed by atoms with Crippen molar-refractivity contribution in [3.8, 4) is 23.0 Å². The molecule has 0 saturated heterocycles. The number of unbranched alkanes of at least 4 members (excludes halogenated alkanes) is 2. The number of hydrogen-bond donors (Lipinski definition) is 13. The highest BCUT2D eigenvalue weighted by atomic mass is 16.3. The molecule has 10 rings (SSSR count). The molecule has 13 N–H and O–H groups in total. The van der Waals surface area contributed by atoms with Gasteiger partial charge in [-0.05, 0) is 110 Å². The minimum Gasteiger partial charge on any atom is -0.506 e. The Morgan fingerprint density at radius 1 is 0.377 bits per heavy atom. The van der Waals surface area contributed by atoms with Crippen molar-refractivity contribution in [2.45, 2.75) is 25.7 Å². The Labute approximate surface area is 614 Å². The number of carbonyl (C=O) groups excluding carboxylic acids is 10. The van der Waals surface area contributed by atoms with Gasteiger partial charge >= 0.3 is 0 Å². The molecule has 562 valence electrons. The van der Waals surface area contributed by atoms with Gasteiger partial charge in [0.15, 0.2) is 0 Å². The van der Waals surface area contributed by atoms with Gasteiger partial charge in [-0.2, -0.15) is 10.2 Å². The van der Waals surface area contributed by atoms with Crippen LogP contribution in [0, 0.1) is 0 Å². The molecule has 4 aliphatic heterocycles. The lowest BCUT2D eigenvalue weighted by Crippen LogP contribution is -2.46. The Hall–Kier alpha value is -11.5. The summed E-state index contributed by atoms with van der Waals surface area (Å²) in [5.41, 5.74) is 1.35. The molecule has 6 aromatic carbocycles. The van der Waals surface area contributed by atoms with Crippen molar-refractivity contribution in [1.82, 2.24) is 72.4 Å². The number of anilines is 1. The SMILES string of the molecule is CN(C)c1ccc(/N=N/c2ccc(C(=O)NCCNC(=O)CCCCCN3CCN4CCNC(=O)c5cccc(c5O)C(=O)NCCN(CCNC(=O)c5cccc(c5O)C3=O)CCN3CCNC(=O)c5cccc(c5O)C(=O)NCCN(CCNC(=O)c5cccc(c5O)C(=O)NCC3)CC4)cc2)cc1. The predicted octanol–water partition coefficient (Wildman–Crippen LogP) is 3.00. The number of rotatable bonds is 13. The van der Waals surface area contributed by atoms with E-state index in [0.717, 1.165) is 5.69 Å². The van der Waals surface area contributed by atoms with Gasteiger partial charge in [0, 0.05) is 182 Å². The minimum absolute atomic E-state index is 0.00101. The molecule has 31 nitrogen and oxygen atoms in total. The Bertz CT molecular complexity index is 4050. The Balaban J connectivity index is 0.965. The van der Waals surface area contributed by atoms with Gasteiger partial charge < -0.3 is 78.1 Å². The van der Waals surface area contributed by atoms with Crippen LogP contribution in [0.3, 0.4) is 0 Å². The summed E-state index contributed by atoms with van der Waals surface area (Å²) in [6, 6.07) is 31.2. The molecule has 31 heteroatoms. The molecule has 0 aliphatic carbocycles. The van der Waals surface area contributed by atoms with Crippen molar-refractivity contribution in [2.24, 2.45) is 10.2 Å². The number of fused-ring (bicyclic) bond motifs is 16. The quantitative estimate of drug-likeness (QED) is 0.0584. The third kappa shape index (κ3) is 22.5. The first-order valence-electron chi connectivity index (χ1n) is 35.5. The van der Waals surface area contributed by atoms with E-state index in [2.05, 4.69) is 58.1 Å². The third-order valence-corrected chi connectivity index (χ3v) is 18.4. The van der Waals surface area contributed by atoms with Gasteiger partial charge in [0.05, 0.1) is 55.9 Å². The zero-order valence-electron chi connectivity index (χ0n) is 59.6. The number of azo groups is 1. The Kier molecular flexibility index (Phi) is 29.2. The van der Waals surface area contributed by atoms with Gasteiger partial charge in [0.2, 0.25) is 5.91 Å². The summed E-state index contributed by atoms with van der Waals surface area (Å²) in [4.78, 5) is 150. The van der Waals surface area contributed by atoms with E-state index in [9.17, 15) is 63.6 Å². The summed E-state index contributed by atoms with van der Waals surface area (Å²) in [5.74, 6) is -8.17. The molecule has 106 heavy (non-hydrogen) atoms. The van der Waals surface area contributed by atoms with Gasteiger partial charge in [0.1, 0.15) is 23.0 Å². The van der Waals surface area contributed by atoms with E-state index in [1.165, 1.54) is 77.7 Å². The van der Waals surface area contributed by atoms with E-state index in [1.807, 2.05) is 62.9 Å². The molecule has 10 amide bonds. The molecule has 0 fully saturated rings. The predicted molar refractivity (Wildman–Crippen MR) is 396 cm³/mol. The number of hydrogen-bond acceptors (Lipinski definition) is 21. The zero-order chi connectivity index (χ0) is 75.5. The summed E-state index contributed by atoms with van der Waals surface area (Å²) in [5, 5.41) is 80.4. The lowest BCUT2D eigenvalue weighted by molar-refractivity contribution is -0.121. The van der Waals surface area contributed by atoms with Crippen molar-refractivity contribution in [3.05, 3.63) is 171 Å². The summed E-state index contributed by atoms with van der Waals surface area (Å²) < 4.78 is 0. The highest BCUT2D eigenvalue weighted by molar-refractivity contribution is 6.07. The number of carbonyl (C=O) groups is 10. The maximum Gasteiger partial charge on any atom is 0.257 e. The standard InChI is InChI=1S/C75H93N17O14/c1-87(2)53-25-23-52(24-26-53)86-85-51-21-19-50(20-22-51)67(98)77-28-27-76-62(93)18-4-3-5-36-92-49-48-91-43-35-84-73(104)59-15-8-14-58(65(59)96)70(101)80-31-39-89(40-34-83-74(105)60-16-9-17-61(66(60)97)75(92)106)45-44-88-37-29-78-68(99)54-10-6-12-56(63(54)94)71(102)81-32-41-90(46-47-91)42-33-82-72(103)57-13-7-11-55(64(57)95)69(100)79-30-38-88/h6-17,19-26,94-97H,3-5,18,27-49H2,1-2H3,(H,76,93)(H,77,98)(H,78,99)(H,79,100)(H,80,101)(H,81,102)(H,82,103)(H,83,105)(H,84,104)/b86-85+. The van der Waals surface area contributed by atoms with E-state index in [4.69, 9.17) is 0 Å². The van der Waals surface area contributed by atoms with Crippen LogP contribution in [-0.2, 0) is 4.79 Å². The van der Waals surface area contributed by atoms with E-state index >= 15 is 4.79 Å². The number of benzene rings is 6. The lowest BCUT2D eigenvalue weighted by Gasteiger charge is -2.31. The lowest BCUT2D eigenvalue weighted by atomic mass is 10.1. The van der Waals surface area contributed by atoms with Crippen molar-refractivity contribution in [2.75, 3.05) is 170 Å². The maximum absolute atomic E-state index is 15.0. The molecule has 0 saturated carbocycles. The highest BCUT2D eigenvalue weighted by Crippen LogP contribution is 2.28. The van der Waals surface area contributed by atoms with Gasteiger partial charge in [-0.25, -0.2) is 0 Å². The van der Waals surface area contributed by atoms with Crippen LogP contribution in [0.4, 0.5) is 17.1 Å². The summed E-state index contributed by atoms with van der Waals surface area (Å²) in [6.45, 7) is 2.27. The summed E-state index contributed by atoms with van der Waals surface area (Å²) in [6.07, 6.45) is 1.42. The third-order valence-electron chi connectivity index (χ3n) is 18.4. The first kappa shape index (κ1) is 78.6. The average molecular weight is 1460 g/mol. The molecule has 4 aliphatic rings. The van der Waals surface area contributed by atoms with Crippen LogP contribution in [0.1, 0.15) is 119 Å². The van der Waals surface area contributed by atoms with Gasteiger partial charge in [0.25, 0.3) is 53.2 Å². The number of nitrogens with zero attached hydrogens (tertiary/aromatic N) is 8. The Morgan fingerprint density at radius 2 is 0.679 bits per heavy atom. The van der Waals surface area contributed by atoms with Gasteiger partial charge in [-0.3, -0.25) is 67.5 Å². The molecule has 4 heterocycles. The largest absolute Gasteiger partial charge is 0.506 e. The second-order valence-corrected chi connectivity index (χ2v) is 25.8. The number of amides is 10. The van der Waals surface area contributed by atoms with Crippen molar-refractivity contribution >= 4 is 76.1 Å². The van der Waals surface area contributed by atoms with Crippen LogP contribution in [0.15, 0.2) is 132 Å². The van der Waals surface area contributed by atoms with Crippen molar-refractivity contribution in [3.63, 3.8) is 0 Å². The Morgan fingerprint density at radius 3 is 1.03 bits per heavy atom. The van der Waals surface area contributed by atoms with E-state index in [1.54, 1.807) is 24.3 Å². The van der Waals surface area contributed by atoms with Gasteiger partial charge in [-0.15, -0.1) is 0 Å². The topological polar surface area (TPSA) is 404 Å². The number of phenols is 4. The molecule has 0 aromatic heterocycles. The van der Waals surface area contributed by atoms with Crippen LogP contribution >= 0.6 is 0 Å². The van der Waals surface area contributed by atoms with E-state index in [-0.39, 0.29) is 213 Å². The summed E-state index contributed by atoms with van der Waals surface area (Å²) >= 11 is 0. The molecular formula is C75H93N17O14.